The molecule has 0 bridgehead atoms. The third kappa shape index (κ3) is 3.08. The summed E-state index contributed by atoms with van der Waals surface area (Å²) in [6, 6.07) is 3.76. The van der Waals surface area contributed by atoms with Gasteiger partial charge in [-0.1, -0.05) is 11.6 Å². The molecule has 2 N–H and O–H groups in total. The first-order valence-corrected chi connectivity index (χ1v) is 7.22. The molecule has 19 heavy (non-hydrogen) atoms. The summed E-state index contributed by atoms with van der Waals surface area (Å²) in [5.74, 6) is 0.890. The maximum absolute atomic E-state index is 6.21. The third-order valence-corrected chi connectivity index (χ3v) is 4.49. The van der Waals surface area contributed by atoms with E-state index in [0.717, 1.165) is 31.8 Å². The number of methoxy groups -OCH3 is 1. The van der Waals surface area contributed by atoms with Gasteiger partial charge in [0.15, 0.2) is 0 Å². The summed E-state index contributed by atoms with van der Waals surface area (Å²) in [7, 11) is 1.68. The zero-order chi connectivity index (χ0) is 14.0. The van der Waals surface area contributed by atoms with Crippen molar-refractivity contribution < 1.29 is 4.74 Å². The van der Waals surface area contributed by atoms with Crippen LogP contribution in [-0.4, -0.2) is 12.1 Å². The van der Waals surface area contributed by atoms with Gasteiger partial charge in [0.05, 0.1) is 11.4 Å². The summed E-state index contributed by atoms with van der Waals surface area (Å²) in [5.41, 5.74) is 9.28. The zero-order valence-corrected chi connectivity index (χ0v) is 12.8. The molecule has 0 fully saturated rings. The highest BCUT2D eigenvalue weighted by molar-refractivity contribution is 7.16. The molecule has 0 saturated carbocycles. The van der Waals surface area contributed by atoms with E-state index in [0.29, 0.717) is 6.42 Å². The molecule has 0 aliphatic heterocycles. The molecule has 2 heterocycles. The van der Waals surface area contributed by atoms with E-state index < -0.39 is 0 Å². The second kappa shape index (κ2) is 5.90. The van der Waals surface area contributed by atoms with Crippen LogP contribution in [0, 0.1) is 13.8 Å². The van der Waals surface area contributed by atoms with Crippen LogP contribution in [0.2, 0.25) is 4.34 Å². The monoisotopic (exact) mass is 296 g/mol. The molecule has 0 amide bonds. The maximum Gasteiger partial charge on any atom is 0.128 e. The van der Waals surface area contributed by atoms with E-state index in [9.17, 15) is 0 Å². The van der Waals surface area contributed by atoms with E-state index in [2.05, 4.69) is 4.98 Å². The van der Waals surface area contributed by atoms with Gasteiger partial charge >= 0.3 is 0 Å². The lowest BCUT2D eigenvalue weighted by Crippen LogP contribution is -2.14. The van der Waals surface area contributed by atoms with Crippen molar-refractivity contribution in [3.8, 4) is 5.75 Å². The maximum atomic E-state index is 6.21. The number of hydrogen-bond acceptors (Lipinski definition) is 4. The van der Waals surface area contributed by atoms with Crippen LogP contribution in [0.5, 0.6) is 5.75 Å². The van der Waals surface area contributed by atoms with Gasteiger partial charge < -0.3 is 10.5 Å². The molecule has 1 atom stereocenters. The third-order valence-electron chi connectivity index (χ3n) is 3.12. The second-order valence-corrected chi connectivity index (χ2v) is 6.25. The summed E-state index contributed by atoms with van der Waals surface area (Å²) < 4.78 is 6.17. The van der Waals surface area contributed by atoms with Crippen LogP contribution in [0.15, 0.2) is 18.3 Å². The van der Waals surface area contributed by atoms with Crippen molar-refractivity contribution in [3.05, 3.63) is 44.4 Å². The van der Waals surface area contributed by atoms with E-state index in [1.807, 2.05) is 32.2 Å². The number of halogens is 1. The lowest BCUT2D eigenvalue weighted by Gasteiger charge is -2.15. The molecule has 0 saturated heterocycles. The summed E-state index contributed by atoms with van der Waals surface area (Å²) in [6.07, 6.45) is 2.51. The van der Waals surface area contributed by atoms with Crippen LogP contribution >= 0.6 is 22.9 Å². The summed E-state index contributed by atoms with van der Waals surface area (Å²) >= 11 is 7.45. The molecule has 0 aliphatic rings. The molecular weight excluding hydrogens is 280 g/mol. The fraction of sp³-hybridized carbons (Fsp3) is 0.357. The minimum absolute atomic E-state index is 0.0869. The van der Waals surface area contributed by atoms with Gasteiger partial charge in [-0.15, -0.1) is 11.3 Å². The van der Waals surface area contributed by atoms with E-state index in [4.69, 9.17) is 22.1 Å². The molecule has 0 spiro atoms. The van der Waals surface area contributed by atoms with Gasteiger partial charge in [0.25, 0.3) is 0 Å². The first-order chi connectivity index (χ1) is 9.02. The standard InChI is InChI=1S/C14H17ClN2OS/c1-8-7-17-11(9(2)14(8)18-3)6-10(16)12-4-5-13(15)19-12/h4-5,7,10H,6,16H2,1-3H3. The minimum Gasteiger partial charge on any atom is -0.496 e. The number of aromatic nitrogens is 1. The van der Waals surface area contributed by atoms with Crippen molar-refractivity contribution in [2.24, 2.45) is 5.73 Å². The average molecular weight is 297 g/mol. The number of pyridine rings is 1. The Hall–Kier alpha value is -1.10. The van der Waals surface area contributed by atoms with Crippen LogP contribution in [0.25, 0.3) is 0 Å². The first kappa shape index (κ1) is 14.3. The molecule has 5 heteroatoms. The predicted octanol–water partition coefficient (Wildman–Crippen LogP) is 3.66. The van der Waals surface area contributed by atoms with Gasteiger partial charge in [0.2, 0.25) is 0 Å². The number of nitrogens with two attached hydrogens (primary N) is 1. The van der Waals surface area contributed by atoms with Crippen LogP contribution in [0.1, 0.15) is 27.7 Å². The Morgan fingerprint density at radius 3 is 2.74 bits per heavy atom. The molecule has 2 aromatic rings. The molecular formula is C14H17ClN2OS. The number of nitrogens with zero attached hydrogens (tertiary/aromatic N) is 1. The Kier molecular flexibility index (Phi) is 4.45. The quantitative estimate of drug-likeness (QED) is 0.936. The Balaban J connectivity index is 2.24. The minimum atomic E-state index is -0.0869. The lowest BCUT2D eigenvalue weighted by atomic mass is 10.0. The fourth-order valence-electron chi connectivity index (χ4n) is 2.11. The topological polar surface area (TPSA) is 48.1 Å². The van der Waals surface area contributed by atoms with Crippen molar-refractivity contribution in [1.82, 2.24) is 4.98 Å². The molecule has 102 valence electrons. The van der Waals surface area contributed by atoms with Gasteiger partial charge in [0, 0.05) is 40.4 Å². The lowest BCUT2D eigenvalue weighted by molar-refractivity contribution is 0.406. The highest BCUT2D eigenvalue weighted by Crippen LogP contribution is 2.30. The first-order valence-electron chi connectivity index (χ1n) is 6.02. The second-order valence-electron chi connectivity index (χ2n) is 4.50. The molecule has 2 aromatic heterocycles. The van der Waals surface area contributed by atoms with Crippen LogP contribution in [0.4, 0.5) is 0 Å². The molecule has 0 aromatic carbocycles. The van der Waals surface area contributed by atoms with Gasteiger partial charge in [-0.3, -0.25) is 4.98 Å². The molecule has 1 unspecified atom stereocenters. The summed E-state index contributed by atoms with van der Waals surface area (Å²) in [5, 5.41) is 0. The Bertz CT molecular complexity index is 583. The van der Waals surface area contributed by atoms with Crippen molar-refractivity contribution >= 4 is 22.9 Å². The molecule has 0 aliphatic carbocycles. The number of ether oxygens (including phenoxy) is 1. The van der Waals surface area contributed by atoms with Gasteiger partial charge in [-0.2, -0.15) is 0 Å². The summed E-state index contributed by atoms with van der Waals surface area (Å²) in [4.78, 5) is 5.55. The van der Waals surface area contributed by atoms with Crippen LogP contribution in [-0.2, 0) is 6.42 Å². The number of hydrogen-bond donors (Lipinski definition) is 1. The van der Waals surface area contributed by atoms with Gasteiger partial charge in [-0.05, 0) is 26.0 Å². The van der Waals surface area contributed by atoms with Crippen molar-refractivity contribution in [3.63, 3.8) is 0 Å². The van der Waals surface area contributed by atoms with E-state index >= 15 is 0 Å². The number of aryl methyl sites for hydroxylation is 1. The SMILES string of the molecule is COc1c(C)cnc(CC(N)c2ccc(Cl)s2)c1C. The van der Waals surface area contributed by atoms with Crippen molar-refractivity contribution in [2.75, 3.05) is 7.11 Å². The van der Waals surface area contributed by atoms with Crippen molar-refractivity contribution in [1.29, 1.82) is 0 Å². The fourth-order valence-corrected chi connectivity index (χ4v) is 3.18. The zero-order valence-electron chi connectivity index (χ0n) is 11.2. The molecule has 0 radical (unpaired) electrons. The number of rotatable bonds is 4. The van der Waals surface area contributed by atoms with Gasteiger partial charge in [-0.25, -0.2) is 0 Å². The largest absolute Gasteiger partial charge is 0.496 e. The Morgan fingerprint density at radius 1 is 1.42 bits per heavy atom. The Morgan fingerprint density at radius 2 is 2.16 bits per heavy atom. The molecule has 3 nitrogen and oxygen atoms in total. The number of thiophene rings is 1. The average Bonchev–Trinajstić information content (AvgIpc) is 2.80. The van der Waals surface area contributed by atoms with Gasteiger partial charge in [0.1, 0.15) is 5.75 Å². The van der Waals surface area contributed by atoms with Crippen molar-refractivity contribution in [2.45, 2.75) is 26.3 Å². The van der Waals surface area contributed by atoms with Crippen LogP contribution in [0.3, 0.4) is 0 Å². The Labute approximate surface area is 122 Å². The predicted molar refractivity (Wildman–Crippen MR) is 80.2 cm³/mol. The van der Waals surface area contributed by atoms with E-state index in [1.165, 1.54) is 11.3 Å². The van der Waals surface area contributed by atoms with Crippen LogP contribution < -0.4 is 10.5 Å². The summed E-state index contributed by atoms with van der Waals surface area (Å²) in [6.45, 7) is 4.00. The highest BCUT2D eigenvalue weighted by atomic mass is 35.5. The highest BCUT2D eigenvalue weighted by Gasteiger charge is 2.15. The smallest absolute Gasteiger partial charge is 0.128 e. The molecule has 2 rings (SSSR count). The van der Waals surface area contributed by atoms with E-state index in [1.54, 1.807) is 7.11 Å². The normalized spacial score (nSPS) is 12.5. The van der Waals surface area contributed by atoms with E-state index in [-0.39, 0.29) is 6.04 Å².